The zero-order chi connectivity index (χ0) is 20.6. The first kappa shape index (κ1) is 19.9. The number of carbonyl (C=O) groups excluding carboxylic acids is 1. The molecule has 2 heterocycles. The molecule has 0 aromatic heterocycles. The minimum absolute atomic E-state index is 0.00307. The second-order valence-electron chi connectivity index (χ2n) is 8.03. The van der Waals surface area contributed by atoms with Gasteiger partial charge in [-0.3, -0.25) is 9.80 Å². The van der Waals surface area contributed by atoms with Gasteiger partial charge in [0.05, 0.1) is 5.41 Å². The Morgan fingerprint density at radius 3 is 2.72 bits per heavy atom. The molecule has 0 fully saturated rings. The van der Waals surface area contributed by atoms with Gasteiger partial charge in [0.2, 0.25) is 0 Å². The highest BCUT2D eigenvalue weighted by molar-refractivity contribution is 6.43. The molecule has 6 heteroatoms. The van der Waals surface area contributed by atoms with E-state index in [1.165, 1.54) is 0 Å². The number of hydrogen-bond donors (Lipinski definition) is 0. The topological polar surface area (TPSA) is 45.1 Å². The van der Waals surface area contributed by atoms with Gasteiger partial charge in [-0.25, -0.2) is 0 Å². The molecule has 4 rings (SSSR count). The van der Waals surface area contributed by atoms with Gasteiger partial charge >= 0.3 is 0 Å². The molecule has 0 N–H and O–H groups in total. The van der Waals surface area contributed by atoms with E-state index in [-0.39, 0.29) is 11.8 Å². The van der Waals surface area contributed by atoms with Crippen LogP contribution in [0.4, 0.5) is 5.69 Å². The summed E-state index contributed by atoms with van der Waals surface area (Å²) in [6, 6.07) is 15.7. The summed E-state index contributed by atoms with van der Waals surface area (Å²) in [4.78, 5) is 15.0. The summed E-state index contributed by atoms with van der Waals surface area (Å²) in [5.41, 5.74) is 2.00. The number of benzene rings is 2. The first-order chi connectivity index (χ1) is 13.9. The lowest BCUT2D eigenvalue weighted by Gasteiger charge is -2.41. The van der Waals surface area contributed by atoms with Crippen LogP contribution >= 0.6 is 11.6 Å². The fraction of sp³-hybridized carbons (Fsp3) is 0.391. The number of fused-ring (bicyclic) bond motifs is 3. The third-order valence-electron chi connectivity index (χ3n) is 5.86. The van der Waals surface area contributed by atoms with Crippen LogP contribution in [0.15, 0.2) is 53.6 Å². The second-order valence-corrected chi connectivity index (χ2v) is 8.47. The molecule has 2 aliphatic heterocycles. The molecule has 0 spiro atoms. The zero-order valence-electron chi connectivity index (χ0n) is 17.1. The van der Waals surface area contributed by atoms with Crippen molar-refractivity contribution in [1.82, 2.24) is 4.90 Å². The van der Waals surface area contributed by atoms with Crippen LogP contribution in [0.25, 0.3) is 0 Å². The van der Waals surface area contributed by atoms with E-state index in [0.717, 1.165) is 36.4 Å². The van der Waals surface area contributed by atoms with E-state index < -0.39 is 5.41 Å². The average molecular weight is 412 g/mol. The molecule has 0 saturated heterocycles. The number of carbonyl (C=O) groups is 1. The number of rotatable bonds is 6. The van der Waals surface area contributed by atoms with Gasteiger partial charge < -0.3 is 9.64 Å². The number of halogens is 1. The lowest BCUT2D eigenvalue weighted by Crippen LogP contribution is -2.53. The normalized spacial score (nSPS) is 22.7. The number of ketones is 1. The summed E-state index contributed by atoms with van der Waals surface area (Å²) in [5, 5.41) is 7.45. The van der Waals surface area contributed by atoms with Gasteiger partial charge in [-0.05, 0) is 57.2 Å². The standard InChI is InChI=1S/C23H26ClN3O2/c1-16(28)22-23(12-7-13-26(2)3,17-8-5-4-6-9-17)21-15-29-20-11-10-18(24)14-19(20)27(21)25-22/h4-6,8-11,14,21H,7,12-13,15H2,1-3H3/t21?,23-/m1/s1. The molecule has 2 aromatic rings. The number of anilines is 1. The Kier molecular flexibility index (Phi) is 5.36. The molecule has 0 saturated carbocycles. The van der Waals surface area contributed by atoms with E-state index in [9.17, 15) is 4.79 Å². The molecule has 2 aliphatic rings. The van der Waals surface area contributed by atoms with Crippen LogP contribution in [0.3, 0.4) is 0 Å². The molecule has 29 heavy (non-hydrogen) atoms. The van der Waals surface area contributed by atoms with Crippen molar-refractivity contribution in [2.24, 2.45) is 5.10 Å². The maximum absolute atomic E-state index is 12.8. The smallest absolute Gasteiger partial charge is 0.176 e. The minimum Gasteiger partial charge on any atom is -0.489 e. The molecule has 2 aromatic carbocycles. The first-order valence-corrected chi connectivity index (χ1v) is 10.3. The summed E-state index contributed by atoms with van der Waals surface area (Å²) >= 11 is 6.27. The number of nitrogens with zero attached hydrogens (tertiary/aromatic N) is 3. The van der Waals surface area contributed by atoms with Crippen LogP contribution < -0.4 is 9.75 Å². The zero-order valence-corrected chi connectivity index (χ0v) is 17.8. The summed E-state index contributed by atoms with van der Waals surface area (Å²) in [5.74, 6) is 0.742. The molecule has 0 aliphatic carbocycles. The highest BCUT2D eigenvalue weighted by Gasteiger charge is 2.55. The Hall–Kier alpha value is -2.37. The van der Waals surface area contributed by atoms with Crippen molar-refractivity contribution >= 4 is 28.8 Å². The largest absolute Gasteiger partial charge is 0.489 e. The molecular weight excluding hydrogens is 386 g/mol. The van der Waals surface area contributed by atoms with Gasteiger partial charge in [0.25, 0.3) is 0 Å². The Morgan fingerprint density at radius 1 is 1.28 bits per heavy atom. The van der Waals surface area contributed by atoms with Crippen LogP contribution in [0.5, 0.6) is 5.75 Å². The van der Waals surface area contributed by atoms with Crippen LogP contribution in [0.2, 0.25) is 5.02 Å². The van der Waals surface area contributed by atoms with Gasteiger partial charge in [-0.15, -0.1) is 0 Å². The summed E-state index contributed by atoms with van der Waals surface area (Å²) in [6.07, 6.45) is 1.76. The maximum atomic E-state index is 12.8. The Bertz CT molecular complexity index is 944. The molecule has 0 bridgehead atoms. The van der Waals surface area contributed by atoms with Crippen molar-refractivity contribution in [3.05, 3.63) is 59.1 Å². The van der Waals surface area contributed by atoms with Crippen molar-refractivity contribution in [1.29, 1.82) is 0 Å². The summed E-state index contributed by atoms with van der Waals surface area (Å²) < 4.78 is 6.13. The van der Waals surface area contributed by atoms with E-state index in [1.807, 2.05) is 41.4 Å². The highest BCUT2D eigenvalue weighted by atomic mass is 35.5. The third kappa shape index (κ3) is 3.43. The second kappa shape index (κ2) is 7.81. The van der Waals surface area contributed by atoms with E-state index in [1.54, 1.807) is 6.92 Å². The van der Waals surface area contributed by atoms with Crippen LogP contribution in [-0.2, 0) is 10.2 Å². The van der Waals surface area contributed by atoms with Crippen molar-refractivity contribution in [2.75, 3.05) is 32.3 Å². The Labute approximate surface area is 176 Å². The molecular formula is C23H26ClN3O2. The van der Waals surface area contributed by atoms with E-state index in [2.05, 4.69) is 31.1 Å². The molecule has 1 unspecified atom stereocenters. The number of ether oxygens (including phenoxy) is 1. The molecule has 0 amide bonds. The van der Waals surface area contributed by atoms with Crippen molar-refractivity contribution in [2.45, 2.75) is 31.2 Å². The van der Waals surface area contributed by atoms with E-state index in [0.29, 0.717) is 17.3 Å². The first-order valence-electron chi connectivity index (χ1n) is 9.95. The van der Waals surface area contributed by atoms with Gasteiger partial charge in [0.1, 0.15) is 29.8 Å². The predicted octanol–water partition coefficient (Wildman–Crippen LogP) is 4.15. The van der Waals surface area contributed by atoms with Crippen LogP contribution in [-0.4, -0.2) is 49.7 Å². The SMILES string of the molecule is CC(=O)C1=NN2c3cc(Cl)ccc3OCC2[C@@]1(CCCN(C)C)c1ccccc1. The lowest BCUT2D eigenvalue weighted by molar-refractivity contribution is -0.111. The van der Waals surface area contributed by atoms with Crippen LogP contribution in [0.1, 0.15) is 25.3 Å². The Morgan fingerprint density at radius 2 is 2.03 bits per heavy atom. The molecule has 152 valence electrons. The lowest BCUT2D eigenvalue weighted by atomic mass is 9.67. The molecule has 0 radical (unpaired) electrons. The van der Waals surface area contributed by atoms with Gasteiger partial charge in [0.15, 0.2) is 5.78 Å². The molecule has 2 atom stereocenters. The fourth-order valence-electron chi connectivity index (χ4n) is 4.58. The Balaban J connectivity index is 1.85. The summed E-state index contributed by atoms with van der Waals surface area (Å²) in [7, 11) is 4.14. The minimum atomic E-state index is -0.525. The average Bonchev–Trinajstić information content (AvgIpc) is 3.04. The van der Waals surface area contributed by atoms with Crippen LogP contribution in [0, 0.1) is 0 Å². The maximum Gasteiger partial charge on any atom is 0.176 e. The predicted molar refractivity (Wildman–Crippen MR) is 117 cm³/mol. The monoisotopic (exact) mass is 411 g/mol. The fourth-order valence-corrected chi connectivity index (χ4v) is 4.75. The molecule has 5 nitrogen and oxygen atoms in total. The number of hydrogen-bond acceptors (Lipinski definition) is 5. The van der Waals surface area contributed by atoms with Crippen molar-refractivity contribution in [3.8, 4) is 5.75 Å². The van der Waals surface area contributed by atoms with E-state index >= 15 is 0 Å². The van der Waals surface area contributed by atoms with Crippen molar-refractivity contribution < 1.29 is 9.53 Å². The van der Waals surface area contributed by atoms with E-state index in [4.69, 9.17) is 21.4 Å². The number of hydrazone groups is 1. The third-order valence-corrected chi connectivity index (χ3v) is 6.09. The quantitative estimate of drug-likeness (QED) is 0.716. The summed E-state index contributed by atoms with van der Waals surface area (Å²) in [6.45, 7) is 3.02. The van der Waals surface area contributed by atoms with Gasteiger partial charge in [0, 0.05) is 11.9 Å². The van der Waals surface area contributed by atoms with Gasteiger partial charge in [-0.1, -0.05) is 41.9 Å². The number of Topliss-reactive ketones (excluding diaryl/α,β-unsaturated/α-hetero) is 1. The van der Waals surface area contributed by atoms with Gasteiger partial charge in [-0.2, -0.15) is 5.10 Å². The highest BCUT2D eigenvalue weighted by Crippen LogP contribution is 2.48. The van der Waals surface area contributed by atoms with Crippen molar-refractivity contribution in [3.63, 3.8) is 0 Å².